The molecular weight excluding hydrogens is 340 g/mol. The maximum Gasteiger partial charge on any atom is 0.321 e. The van der Waals surface area contributed by atoms with Crippen molar-refractivity contribution in [1.82, 2.24) is 15.2 Å². The quantitative estimate of drug-likeness (QED) is 0.876. The number of pyridine rings is 1. The van der Waals surface area contributed by atoms with E-state index in [1.807, 2.05) is 48.2 Å². The Morgan fingerprint density at radius 2 is 2.07 bits per heavy atom. The summed E-state index contributed by atoms with van der Waals surface area (Å²) < 4.78 is 0. The minimum Gasteiger partial charge on any atom is -0.352 e. The lowest BCUT2D eigenvalue weighted by Gasteiger charge is -2.18. The van der Waals surface area contributed by atoms with Gasteiger partial charge in [-0.1, -0.05) is 12.1 Å². The molecule has 0 bridgehead atoms. The first-order valence-electron chi connectivity index (χ1n) is 9.35. The van der Waals surface area contributed by atoms with E-state index in [-0.39, 0.29) is 23.3 Å². The first kappa shape index (κ1) is 17.5. The first-order chi connectivity index (χ1) is 13.1. The third-order valence-corrected chi connectivity index (χ3v) is 5.66. The molecule has 1 saturated carbocycles. The van der Waals surface area contributed by atoms with E-state index in [2.05, 4.69) is 15.6 Å². The largest absolute Gasteiger partial charge is 0.352 e. The topological polar surface area (TPSA) is 74.3 Å². The highest BCUT2D eigenvalue weighted by molar-refractivity contribution is 5.90. The lowest BCUT2D eigenvalue weighted by atomic mass is 10.0. The van der Waals surface area contributed by atoms with Gasteiger partial charge in [-0.05, 0) is 55.2 Å². The molecule has 2 aromatic rings. The van der Waals surface area contributed by atoms with Crippen molar-refractivity contribution < 1.29 is 9.59 Å². The molecule has 1 aliphatic heterocycles. The lowest BCUT2D eigenvalue weighted by molar-refractivity contribution is -0.123. The van der Waals surface area contributed by atoms with Gasteiger partial charge in [0.25, 0.3) is 0 Å². The number of aryl methyl sites for hydroxylation is 1. The number of anilines is 1. The number of benzene rings is 1. The molecule has 2 N–H and O–H groups in total. The fraction of sp³-hybridized carbons (Fsp3) is 0.381. The van der Waals surface area contributed by atoms with Gasteiger partial charge in [0, 0.05) is 49.0 Å². The highest BCUT2D eigenvalue weighted by atomic mass is 16.2. The number of aromatic nitrogens is 1. The molecule has 140 valence electrons. The predicted octanol–water partition coefficient (Wildman–Crippen LogP) is 2.95. The van der Waals surface area contributed by atoms with Crippen molar-refractivity contribution in [2.75, 3.05) is 18.4 Å². The van der Waals surface area contributed by atoms with Crippen molar-refractivity contribution >= 4 is 17.6 Å². The molecular formula is C21H24N4O2. The van der Waals surface area contributed by atoms with E-state index in [4.69, 9.17) is 0 Å². The Morgan fingerprint density at radius 3 is 2.85 bits per heavy atom. The van der Waals surface area contributed by atoms with Gasteiger partial charge in [-0.25, -0.2) is 4.79 Å². The van der Waals surface area contributed by atoms with E-state index in [9.17, 15) is 9.59 Å². The number of nitrogens with one attached hydrogen (secondary N) is 2. The summed E-state index contributed by atoms with van der Waals surface area (Å²) in [6.07, 6.45) is 5.20. The average Bonchev–Trinajstić information content (AvgIpc) is 3.20. The van der Waals surface area contributed by atoms with E-state index in [1.54, 1.807) is 12.4 Å². The van der Waals surface area contributed by atoms with Gasteiger partial charge in [-0.3, -0.25) is 9.78 Å². The maximum atomic E-state index is 12.5. The molecule has 1 saturated heterocycles. The normalized spacial score (nSPS) is 23.3. The van der Waals surface area contributed by atoms with Gasteiger partial charge in [0.15, 0.2) is 0 Å². The molecule has 3 amide bonds. The average molecular weight is 364 g/mol. The van der Waals surface area contributed by atoms with Crippen LogP contribution >= 0.6 is 0 Å². The number of nitrogens with zero attached hydrogens (tertiary/aromatic N) is 2. The van der Waals surface area contributed by atoms with Gasteiger partial charge in [0.1, 0.15) is 0 Å². The molecule has 27 heavy (non-hydrogen) atoms. The zero-order valence-electron chi connectivity index (χ0n) is 15.4. The van der Waals surface area contributed by atoms with Crippen LogP contribution in [0.2, 0.25) is 0 Å². The summed E-state index contributed by atoms with van der Waals surface area (Å²) in [6.45, 7) is 3.87. The smallest absolute Gasteiger partial charge is 0.321 e. The maximum absolute atomic E-state index is 12.5. The zero-order valence-corrected chi connectivity index (χ0v) is 15.4. The lowest BCUT2D eigenvalue weighted by Crippen LogP contribution is -2.34. The molecule has 2 unspecified atom stereocenters. The third-order valence-electron chi connectivity index (χ3n) is 5.66. The van der Waals surface area contributed by atoms with E-state index < -0.39 is 0 Å². The van der Waals surface area contributed by atoms with Gasteiger partial charge < -0.3 is 15.5 Å². The molecule has 0 radical (unpaired) electrons. The van der Waals surface area contributed by atoms with E-state index in [0.717, 1.165) is 29.7 Å². The van der Waals surface area contributed by atoms with Crippen LogP contribution in [0, 0.1) is 18.3 Å². The molecule has 6 heteroatoms. The Labute approximate surface area is 159 Å². The number of amides is 3. The van der Waals surface area contributed by atoms with Gasteiger partial charge in [-0.15, -0.1) is 0 Å². The Bertz CT molecular complexity index is 854. The SMILES string of the molecule is Cc1cccc(NC(=O)N2CCC3(CC3C(=O)NCc3ccncc3)C2)c1. The van der Waals surface area contributed by atoms with Gasteiger partial charge in [0.05, 0.1) is 0 Å². The highest BCUT2D eigenvalue weighted by Crippen LogP contribution is 2.58. The van der Waals surface area contributed by atoms with Crippen molar-refractivity contribution in [2.45, 2.75) is 26.3 Å². The number of carbonyl (C=O) groups excluding carboxylic acids is 2. The second kappa shape index (κ2) is 7.02. The van der Waals surface area contributed by atoms with Crippen LogP contribution < -0.4 is 10.6 Å². The van der Waals surface area contributed by atoms with Crippen LogP contribution in [0.3, 0.4) is 0 Å². The Balaban J connectivity index is 1.29. The fourth-order valence-electron chi connectivity index (χ4n) is 3.98. The molecule has 2 heterocycles. The Kier molecular flexibility index (Phi) is 4.56. The van der Waals surface area contributed by atoms with Crippen LogP contribution in [-0.4, -0.2) is 34.9 Å². The Morgan fingerprint density at radius 1 is 1.26 bits per heavy atom. The predicted molar refractivity (Wildman–Crippen MR) is 103 cm³/mol. The van der Waals surface area contributed by atoms with E-state index in [1.165, 1.54) is 0 Å². The molecule has 1 aromatic carbocycles. The Hall–Kier alpha value is -2.89. The first-order valence-corrected chi connectivity index (χ1v) is 9.35. The van der Waals surface area contributed by atoms with Crippen molar-refractivity contribution in [3.63, 3.8) is 0 Å². The van der Waals surface area contributed by atoms with Crippen molar-refractivity contribution in [1.29, 1.82) is 0 Å². The number of rotatable bonds is 4. The van der Waals surface area contributed by atoms with Crippen LogP contribution in [-0.2, 0) is 11.3 Å². The van der Waals surface area contributed by atoms with Crippen molar-refractivity contribution in [3.8, 4) is 0 Å². The summed E-state index contributed by atoms with van der Waals surface area (Å²) >= 11 is 0. The molecule has 1 aromatic heterocycles. The molecule has 2 fully saturated rings. The molecule has 2 aliphatic rings. The summed E-state index contributed by atoms with van der Waals surface area (Å²) in [5, 5.41) is 5.98. The number of hydrogen-bond acceptors (Lipinski definition) is 3. The zero-order chi connectivity index (χ0) is 18.9. The molecule has 1 spiro atoms. The second-order valence-corrected chi connectivity index (χ2v) is 7.66. The van der Waals surface area contributed by atoms with Crippen LogP contribution in [0.4, 0.5) is 10.5 Å². The minimum absolute atomic E-state index is 0.0103. The van der Waals surface area contributed by atoms with Crippen LogP contribution in [0.5, 0.6) is 0 Å². The summed E-state index contributed by atoms with van der Waals surface area (Å²) in [4.78, 5) is 30.8. The molecule has 1 aliphatic carbocycles. The highest BCUT2D eigenvalue weighted by Gasteiger charge is 2.61. The van der Waals surface area contributed by atoms with Crippen LogP contribution in [0.1, 0.15) is 24.0 Å². The van der Waals surface area contributed by atoms with Crippen LogP contribution in [0.25, 0.3) is 0 Å². The van der Waals surface area contributed by atoms with E-state index in [0.29, 0.717) is 19.6 Å². The summed E-state index contributed by atoms with van der Waals surface area (Å²) in [7, 11) is 0. The number of likely N-dealkylation sites (tertiary alicyclic amines) is 1. The molecule has 4 rings (SSSR count). The van der Waals surface area contributed by atoms with Gasteiger partial charge in [0.2, 0.25) is 5.91 Å². The summed E-state index contributed by atoms with van der Waals surface area (Å²) in [5.41, 5.74) is 2.92. The summed E-state index contributed by atoms with van der Waals surface area (Å²) in [5.74, 6) is 0.101. The number of hydrogen-bond donors (Lipinski definition) is 2. The van der Waals surface area contributed by atoms with E-state index >= 15 is 0 Å². The van der Waals surface area contributed by atoms with Crippen molar-refractivity contribution in [3.05, 3.63) is 59.9 Å². The standard InChI is InChI=1S/C21H24N4O2/c1-15-3-2-4-17(11-15)24-20(27)25-10-7-21(14-25)12-18(21)19(26)23-13-16-5-8-22-9-6-16/h2-6,8-9,11,18H,7,10,12-14H2,1H3,(H,23,26)(H,24,27). The number of carbonyl (C=O) groups is 2. The van der Waals surface area contributed by atoms with Crippen molar-refractivity contribution in [2.24, 2.45) is 11.3 Å². The fourth-order valence-corrected chi connectivity index (χ4v) is 3.98. The molecule has 6 nitrogen and oxygen atoms in total. The number of urea groups is 1. The summed E-state index contributed by atoms with van der Waals surface area (Å²) in [6, 6.07) is 11.5. The monoisotopic (exact) mass is 364 g/mol. The second-order valence-electron chi connectivity index (χ2n) is 7.66. The third kappa shape index (κ3) is 3.79. The minimum atomic E-state index is -0.0830. The van der Waals surface area contributed by atoms with Crippen LogP contribution in [0.15, 0.2) is 48.8 Å². The van der Waals surface area contributed by atoms with Gasteiger partial charge >= 0.3 is 6.03 Å². The van der Waals surface area contributed by atoms with Gasteiger partial charge in [-0.2, -0.15) is 0 Å². The molecule has 2 atom stereocenters.